The molecule has 9 nitrogen and oxygen atoms in total. The molecule has 0 aliphatic carbocycles. The van der Waals surface area contributed by atoms with Gasteiger partial charge in [0.15, 0.2) is 22.3 Å². The van der Waals surface area contributed by atoms with Gasteiger partial charge in [-0.1, -0.05) is 18.7 Å². The van der Waals surface area contributed by atoms with Crippen molar-refractivity contribution in [2.45, 2.75) is 37.9 Å². The van der Waals surface area contributed by atoms with E-state index in [4.69, 9.17) is 19.4 Å². The van der Waals surface area contributed by atoms with Crippen molar-refractivity contribution >= 4 is 34.5 Å². The summed E-state index contributed by atoms with van der Waals surface area (Å²) in [5.74, 6) is 3.05. The van der Waals surface area contributed by atoms with Gasteiger partial charge in [-0.3, -0.25) is 4.79 Å². The molecule has 1 N–H and O–H groups in total. The number of nitrogens with zero attached hydrogens (tertiary/aromatic N) is 5. The van der Waals surface area contributed by atoms with E-state index in [-0.39, 0.29) is 12.7 Å². The summed E-state index contributed by atoms with van der Waals surface area (Å²) in [5.41, 5.74) is 1.36. The number of carbonyl (C=O) groups excluding carboxylic acids is 1. The first-order valence-electron chi connectivity index (χ1n) is 11.0. The van der Waals surface area contributed by atoms with Crippen LogP contribution in [-0.2, 0) is 6.54 Å². The third-order valence-electron chi connectivity index (χ3n) is 5.54. The van der Waals surface area contributed by atoms with E-state index in [0.29, 0.717) is 30.2 Å². The Morgan fingerprint density at radius 2 is 2.03 bits per heavy atom. The smallest absolute Gasteiger partial charge is 0.251 e. The molecule has 0 radical (unpaired) electrons. The van der Waals surface area contributed by atoms with Gasteiger partial charge in [0.1, 0.15) is 5.82 Å². The van der Waals surface area contributed by atoms with E-state index in [9.17, 15) is 4.79 Å². The molecule has 1 saturated heterocycles. The van der Waals surface area contributed by atoms with Gasteiger partial charge in [0.05, 0.1) is 18.1 Å². The van der Waals surface area contributed by atoms with Gasteiger partial charge in [-0.15, -0.1) is 0 Å². The first kappa shape index (κ1) is 20.9. The van der Waals surface area contributed by atoms with Gasteiger partial charge in [-0.2, -0.15) is 5.10 Å². The van der Waals surface area contributed by atoms with Gasteiger partial charge >= 0.3 is 0 Å². The van der Waals surface area contributed by atoms with Gasteiger partial charge in [0, 0.05) is 31.0 Å². The van der Waals surface area contributed by atoms with E-state index in [2.05, 4.69) is 22.2 Å². The molecule has 5 rings (SSSR count). The van der Waals surface area contributed by atoms with E-state index >= 15 is 0 Å². The third-order valence-corrected chi connectivity index (χ3v) is 6.59. The van der Waals surface area contributed by atoms with Crippen LogP contribution in [0.4, 0.5) is 5.82 Å². The predicted octanol–water partition coefficient (Wildman–Crippen LogP) is 3.09. The van der Waals surface area contributed by atoms with E-state index in [1.807, 2.05) is 10.9 Å². The number of amides is 1. The Balaban J connectivity index is 1.31. The minimum Gasteiger partial charge on any atom is -0.454 e. The number of fused-ring (bicyclic) bond motifs is 2. The molecule has 2 aromatic heterocycles. The summed E-state index contributed by atoms with van der Waals surface area (Å²) >= 11 is 1.67. The molecule has 0 atom stereocenters. The summed E-state index contributed by atoms with van der Waals surface area (Å²) < 4.78 is 12.5. The summed E-state index contributed by atoms with van der Waals surface area (Å²) in [6, 6.07) is 5.19. The summed E-state index contributed by atoms with van der Waals surface area (Å²) in [6.45, 7) is 5.33. The van der Waals surface area contributed by atoms with Crippen LogP contribution in [0.3, 0.4) is 0 Å². The summed E-state index contributed by atoms with van der Waals surface area (Å²) in [4.78, 5) is 24.5. The minimum absolute atomic E-state index is 0.161. The fraction of sp³-hybridized carbons (Fsp3) is 0.455. The number of hydrogen-bond acceptors (Lipinski definition) is 8. The summed E-state index contributed by atoms with van der Waals surface area (Å²) in [5, 5.41) is 9.26. The zero-order valence-electron chi connectivity index (χ0n) is 18.0. The number of carbonyl (C=O) groups is 1. The Morgan fingerprint density at radius 1 is 1.19 bits per heavy atom. The lowest BCUT2D eigenvalue weighted by Crippen LogP contribution is -2.27. The lowest BCUT2D eigenvalue weighted by molar-refractivity contribution is 0.0951. The van der Waals surface area contributed by atoms with Gasteiger partial charge in [0.2, 0.25) is 6.79 Å². The van der Waals surface area contributed by atoms with Gasteiger partial charge in [0.25, 0.3) is 5.91 Å². The van der Waals surface area contributed by atoms with Crippen molar-refractivity contribution in [3.8, 4) is 11.5 Å². The van der Waals surface area contributed by atoms with Crippen LogP contribution in [0.1, 0.15) is 36.5 Å². The molecule has 1 aromatic carbocycles. The normalized spacial score (nSPS) is 15.0. The predicted molar refractivity (Wildman–Crippen MR) is 123 cm³/mol. The van der Waals surface area contributed by atoms with Crippen LogP contribution in [0.25, 0.3) is 11.0 Å². The van der Waals surface area contributed by atoms with Crippen LogP contribution < -0.4 is 19.7 Å². The Morgan fingerprint density at radius 3 is 2.88 bits per heavy atom. The first-order valence-corrected chi connectivity index (χ1v) is 12.0. The quantitative estimate of drug-likeness (QED) is 0.410. The average Bonchev–Trinajstić information content (AvgIpc) is 3.57. The highest BCUT2D eigenvalue weighted by atomic mass is 32.2. The van der Waals surface area contributed by atoms with Crippen molar-refractivity contribution in [2.75, 3.05) is 37.1 Å². The number of anilines is 1. The molecular formula is C22H26N6O3S. The zero-order chi connectivity index (χ0) is 21.9. The second kappa shape index (κ2) is 9.23. The van der Waals surface area contributed by atoms with Crippen molar-refractivity contribution in [2.24, 2.45) is 0 Å². The third kappa shape index (κ3) is 4.19. The Bertz CT molecular complexity index is 1130. The van der Waals surface area contributed by atoms with Crippen molar-refractivity contribution in [1.82, 2.24) is 25.1 Å². The lowest BCUT2D eigenvalue weighted by Gasteiger charge is -2.18. The Hall–Kier alpha value is -3.01. The van der Waals surface area contributed by atoms with Gasteiger partial charge in [-0.25, -0.2) is 14.6 Å². The van der Waals surface area contributed by atoms with Crippen LogP contribution in [0.5, 0.6) is 11.5 Å². The number of rotatable bonds is 8. The second-order valence-corrected chi connectivity index (χ2v) is 8.86. The Kier molecular flexibility index (Phi) is 6.02. The SMILES string of the molecule is CCCSc1nc(N2CCCC2)c2cnn(CCNC(=O)c3ccc4c(c3)OCO4)c2n1. The van der Waals surface area contributed by atoms with Gasteiger partial charge < -0.3 is 19.7 Å². The first-order chi connectivity index (χ1) is 15.7. The highest BCUT2D eigenvalue weighted by Crippen LogP contribution is 2.32. The molecule has 0 bridgehead atoms. The van der Waals surface area contributed by atoms with Crippen molar-refractivity contribution < 1.29 is 14.3 Å². The molecule has 4 heterocycles. The van der Waals surface area contributed by atoms with E-state index < -0.39 is 0 Å². The summed E-state index contributed by atoms with van der Waals surface area (Å²) in [6.07, 6.45) is 5.28. The molecule has 1 amide bonds. The molecule has 0 spiro atoms. The van der Waals surface area contributed by atoms with Crippen molar-refractivity contribution in [1.29, 1.82) is 0 Å². The topological polar surface area (TPSA) is 94.4 Å². The van der Waals surface area contributed by atoms with Crippen LogP contribution in [0.2, 0.25) is 0 Å². The number of benzene rings is 1. The lowest BCUT2D eigenvalue weighted by atomic mass is 10.2. The standard InChI is InChI=1S/C22H26N6O3S/c1-2-11-32-22-25-19(27-8-3-4-9-27)16-13-24-28(20(16)26-22)10-7-23-21(29)15-5-6-17-18(12-15)31-14-30-17/h5-6,12-13H,2-4,7-11,14H2,1H3,(H,23,29). The number of nitrogens with one attached hydrogen (secondary N) is 1. The van der Waals surface area contributed by atoms with Crippen molar-refractivity contribution in [3.05, 3.63) is 30.0 Å². The highest BCUT2D eigenvalue weighted by Gasteiger charge is 2.21. The van der Waals surface area contributed by atoms with Crippen LogP contribution >= 0.6 is 11.8 Å². The molecule has 1 fully saturated rings. The molecule has 0 saturated carbocycles. The molecule has 2 aliphatic heterocycles. The Labute approximate surface area is 190 Å². The fourth-order valence-corrected chi connectivity index (χ4v) is 4.62. The molecule has 32 heavy (non-hydrogen) atoms. The zero-order valence-corrected chi connectivity index (χ0v) is 18.9. The average molecular weight is 455 g/mol. The molecule has 168 valence electrons. The van der Waals surface area contributed by atoms with Crippen LogP contribution in [-0.4, -0.2) is 57.8 Å². The van der Waals surface area contributed by atoms with Crippen LogP contribution in [0.15, 0.2) is 29.6 Å². The number of ether oxygens (including phenoxy) is 2. The molecule has 10 heteroatoms. The summed E-state index contributed by atoms with van der Waals surface area (Å²) in [7, 11) is 0. The van der Waals surface area contributed by atoms with E-state index in [1.165, 1.54) is 12.8 Å². The molecular weight excluding hydrogens is 428 g/mol. The van der Waals surface area contributed by atoms with Crippen molar-refractivity contribution in [3.63, 3.8) is 0 Å². The maximum atomic E-state index is 12.6. The van der Waals surface area contributed by atoms with Gasteiger partial charge in [-0.05, 0) is 37.5 Å². The molecule has 2 aliphatic rings. The largest absolute Gasteiger partial charge is 0.454 e. The van der Waals surface area contributed by atoms with E-state index in [0.717, 1.165) is 47.3 Å². The molecule has 0 unspecified atom stereocenters. The highest BCUT2D eigenvalue weighted by molar-refractivity contribution is 7.99. The number of aromatic nitrogens is 4. The second-order valence-electron chi connectivity index (χ2n) is 7.80. The minimum atomic E-state index is -0.161. The maximum absolute atomic E-state index is 12.6. The number of thioether (sulfide) groups is 1. The maximum Gasteiger partial charge on any atom is 0.251 e. The number of hydrogen-bond donors (Lipinski definition) is 1. The fourth-order valence-electron chi connectivity index (χ4n) is 3.93. The monoisotopic (exact) mass is 454 g/mol. The molecule has 3 aromatic rings. The van der Waals surface area contributed by atoms with E-state index in [1.54, 1.807) is 30.0 Å². The van der Waals surface area contributed by atoms with Crippen LogP contribution in [0, 0.1) is 0 Å².